The van der Waals surface area contributed by atoms with Gasteiger partial charge in [-0.05, 0) is 25.8 Å². The number of aromatic nitrogens is 1. The van der Waals surface area contributed by atoms with Crippen molar-refractivity contribution in [2.45, 2.75) is 26.3 Å². The number of hydrogen-bond donors (Lipinski definition) is 2. The van der Waals surface area contributed by atoms with E-state index in [-0.39, 0.29) is 35.8 Å². The number of hydrogen-bond acceptors (Lipinski definition) is 2. The molecule has 0 aromatic carbocycles. The highest BCUT2D eigenvalue weighted by atomic mass is 127. The van der Waals surface area contributed by atoms with E-state index in [4.69, 9.17) is 11.6 Å². The minimum Gasteiger partial charge on any atom is -0.357 e. The summed E-state index contributed by atoms with van der Waals surface area (Å²) < 4.78 is 2.01. The number of guanidine groups is 1. The molecule has 1 aromatic heterocycles. The van der Waals surface area contributed by atoms with E-state index in [1.807, 2.05) is 37.8 Å². The van der Waals surface area contributed by atoms with Crippen molar-refractivity contribution in [1.82, 2.24) is 20.1 Å². The molecule has 0 saturated heterocycles. The Labute approximate surface area is 166 Å². The van der Waals surface area contributed by atoms with Crippen LogP contribution >= 0.6 is 35.6 Å². The van der Waals surface area contributed by atoms with Gasteiger partial charge in [0.2, 0.25) is 5.91 Å². The van der Waals surface area contributed by atoms with Crippen molar-refractivity contribution in [2.24, 2.45) is 18.0 Å². The zero-order chi connectivity index (χ0) is 16.8. The van der Waals surface area contributed by atoms with Gasteiger partial charge in [0.1, 0.15) is 0 Å². The maximum atomic E-state index is 11.6. The van der Waals surface area contributed by atoms with Crippen LogP contribution in [0.4, 0.5) is 0 Å². The van der Waals surface area contributed by atoms with E-state index in [0.717, 1.165) is 36.1 Å². The predicted molar refractivity (Wildman–Crippen MR) is 109 cm³/mol. The molecule has 1 heterocycles. The molecule has 0 atom stereocenters. The molecule has 1 aliphatic rings. The van der Waals surface area contributed by atoms with Gasteiger partial charge in [-0.25, -0.2) is 0 Å². The molecule has 2 rings (SSSR count). The number of aliphatic imine (C=N–C) groups is 1. The van der Waals surface area contributed by atoms with Gasteiger partial charge in [0.15, 0.2) is 5.96 Å². The highest BCUT2D eigenvalue weighted by Gasteiger charge is 2.28. The molecule has 0 spiro atoms. The van der Waals surface area contributed by atoms with Crippen LogP contribution in [0, 0.1) is 5.92 Å². The topological polar surface area (TPSA) is 61.7 Å². The van der Waals surface area contributed by atoms with Crippen LogP contribution < -0.4 is 10.6 Å². The van der Waals surface area contributed by atoms with Crippen molar-refractivity contribution in [1.29, 1.82) is 0 Å². The van der Waals surface area contributed by atoms with Gasteiger partial charge >= 0.3 is 0 Å². The average molecular weight is 468 g/mol. The normalized spacial score (nSPS) is 14.1. The second kappa shape index (κ2) is 10.1. The lowest BCUT2D eigenvalue weighted by Gasteiger charge is -2.22. The van der Waals surface area contributed by atoms with Crippen LogP contribution in [-0.4, -0.2) is 48.0 Å². The fraction of sp³-hybridized carbons (Fsp3) is 0.625. The minimum atomic E-state index is 0. The fourth-order valence-corrected chi connectivity index (χ4v) is 2.61. The Bertz CT molecular complexity index is 571. The first-order valence-electron chi connectivity index (χ1n) is 8.09. The first-order chi connectivity index (χ1) is 11.0. The molecule has 2 N–H and O–H groups in total. The van der Waals surface area contributed by atoms with Crippen molar-refractivity contribution >= 4 is 47.4 Å². The maximum absolute atomic E-state index is 11.6. The summed E-state index contributed by atoms with van der Waals surface area (Å²) in [7, 11) is 3.97. The first-order valence-corrected chi connectivity index (χ1v) is 8.47. The summed E-state index contributed by atoms with van der Waals surface area (Å²) in [6.07, 6.45) is 3.95. The quantitative estimate of drug-likeness (QED) is 0.280. The Morgan fingerprint density at radius 2 is 2.17 bits per heavy atom. The Hall–Kier alpha value is -0.960. The van der Waals surface area contributed by atoms with Gasteiger partial charge in [0.05, 0.1) is 18.1 Å². The van der Waals surface area contributed by atoms with E-state index < -0.39 is 0 Å². The summed E-state index contributed by atoms with van der Waals surface area (Å²) >= 11 is 6.03. The van der Waals surface area contributed by atoms with Crippen LogP contribution in [0.5, 0.6) is 0 Å². The van der Waals surface area contributed by atoms with Crippen LogP contribution in [0.3, 0.4) is 0 Å². The van der Waals surface area contributed by atoms with Crippen LogP contribution in [0.2, 0.25) is 5.02 Å². The lowest BCUT2D eigenvalue weighted by molar-refractivity contribution is -0.122. The van der Waals surface area contributed by atoms with Gasteiger partial charge in [-0.3, -0.25) is 9.79 Å². The number of nitrogens with one attached hydrogen (secondary N) is 2. The van der Waals surface area contributed by atoms with Gasteiger partial charge in [-0.2, -0.15) is 0 Å². The van der Waals surface area contributed by atoms with Crippen LogP contribution in [0.25, 0.3) is 0 Å². The molecule has 0 radical (unpaired) electrons. The Balaban J connectivity index is 0.00000288. The van der Waals surface area contributed by atoms with Crippen LogP contribution in [0.15, 0.2) is 17.3 Å². The molecule has 0 aliphatic heterocycles. The summed E-state index contributed by atoms with van der Waals surface area (Å²) in [6.45, 7) is 4.69. The molecule has 6 nitrogen and oxygen atoms in total. The van der Waals surface area contributed by atoms with Crippen molar-refractivity contribution in [3.8, 4) is 0 Å². The first kappa shape index (κ1) is 21.1. The predicted octanol–water partition coefficient (Wildman–Crippen LogP) is 2.22. The number of rotatable bonds is 7. The van der Waals surface area contributed by atoms with Crippen LogP contribution in [0.1, 0.15) is 25.5 Å². The molecule has 1 saturated carbocycles. The largest absolute Gasteiger partial charge is 0.357 e. The minimum absolute atomic E-state index is 0. The third-order valence-electron chi connectivity index (χ3n) is 3.79. The van der Waals surface area contributed by atoms with Crippen molar-refractivity contribution in [2.75, 3.05) is 26.7 Å². The van der Waals surface area contributed by atoms with E-state index in [0.29, 0.717) is 19.6 Å². The summed E-state index contributed by atoms with van der Waals surface area (Å²) in [5.74, 6) is 1.24. The molecular formula is C16H27ClIN5O. The van der Waals surface area contributed by atoms with Gasteiger partial charge in [-0.1, -0.05) is 11.6 Å². The molecule has 0 unspecified atom stereocenters. The molecule has 24 heavy (non-hydrogen) atoms. The van der Waals surface area contributed by atoms with Crippen molar-refractivity contribution in [3.05, 3.63) is 23.0 Å². The third kappa shape index (κ3) is 6.51. The van der Waals surface area contributed by atoms with E-state index in [2.05, 4.69) is 20.5 Å². The SMILES string of the molecule is CCNC(=NCCNC(=O)C1CC1)N(C)Cc1cc(Cl)cn1C.I. The summed E-state index contributed by atoms with van der Waals surface area (Å²) in [6, 6.07) is 1.96. The number of amides is 1. The number of aryl methyl sites for hydroxylation is 1. The van der Waals surface area contributed by atoms with E-state index >= 15 is 0 Å². The smallest absolute Gasteiger partial charge is 0.223 e. The van der Waals surface area contributed by atoms with Gasteiger partial charge in [-0.15, -0.1) is 24.0 Å². The Morgan fingerprint density at radius 1 is 1.46 bits per heavy atom. The molecule has 136 valence electrons. The lowest BCUT2D eigenvalue weighted by atomic mass is 10.4. The molecule has 1 fully saturated rings. The van der Waals surface area contributed by atoms with E-state index in [1.165, 1.54) is 0 Å². The standard InChI is InChI=1S/C16H26ClN5O.HI/c1-4-18-16(20-8-7-19-15(23)12-5-6-12)22(3)11-14-9-13(17)10-21(14)2;/h9-10,12H,4-8,11H2,1-3H3,(H,18,20)(H,19,23);1H. The highest BCUT2D eigenvalue weighted by molar-refractivity contribution is 14.0. The molecule has 8 heteroatoms. The Morgan fingerprint density at radius 3 is 2.71 bits per heavy atom. The summed E-state index contributed by atoms with van der Waals surface area (Å²) in [5, 5.41) is 6.94. The van der Waals surface area contributed by atoms with E-state index in [9.17, 15) is 4.79 Å². The molecule has 1 amide bonds. The summed E-state index contributed by atoms with van der Waals surface area (Å²) in [5.41, 5.74) is 1.12. The zero-order valence-corrected chi connectivity index (χ0v) is 17.6. The molecule has 1 aromatic rings. The van der Waals surface area contributed by atoms with Crippen molar-refractivity contribution < 1.29 is 4.79 Å². The second-order valence-corrected chi connectivity index (χ2v) is 6.35. The maximum Gasteiger partial charge on any atom is 0.223 e. The fourth-order valence-electron chi connectivity index (χ4n) is 2.34. The number of carbonyl (C=O) groups excluding carboxylic acids is 1. The zero-order valence-electron chi connectivity index (χ0n) is 14.5. The van der Waals surface area contributed by atoms with Gasteiger partial charge < -0.3 is 20.1 Å². The highest BCUT2D eigenvalue weighted by Crippen LogP contribution is 2.28. The summed E-state index contributed by atoms with van der Waals surface area (Å²) in [4.78, 5) is 18.2. The second-order valence-electron chi connectivity index (χ2n) is 5.92. The number of carbonyl (C=O) groups is 1. The van der Waals surface area contributed by atoms with Gasteiger partial charge in [0.25, 0.3) is 0 Å². The lowest BCUT2D eigenvalue weighted by Crippen LogP contribution is -2.39. The number of halogens is 2. The third-order valence-corrected chi connectivity index (χ3v) is 4.00. The van der Waals surface area contributed by atoms with Gasteiger partial charge in [0, 0.05) is 45.0 Å². The molecule has 1 aliphatic carbocycles. The van der Waals surface area contributed by atoms with E-state index in [1.54, 1.807) is 0 Å². The monoisotopic (exact) mass is 467 g/mol. The number of nitrogens with zero attached hydrogens (tertiary/aromatic N) is 3. The average Bonchev–Trinajstić information content (AvgIpc) is 3.29. The molecular weight excluding hydrogens is 441 g/mol. The Kier molecular flexibility index (Phi) is 8.90. The van der Waals surface area contributed by atoms with Crippen molar-refractivity contribution in [3.63, 3.8) is 0 Å². The molecule has 0 bridgehead atoms. The van der Waals surface area contributed by atoms with Crippen LogP contribution in [-0.2, 0) is 18.4 Å².